The summed E-state index contributed by atoms with van der Waals surface area (Å²) in [5, 5.41) is 0. The van der Waals surface area contributed by atoms with E-state index in [2.05, 4.69) is 4.74 Å². The summed E-state index contributed by atoms with van der Waals surface area (Å²) in [6.07, 6.45) is 0. The van der Waals surface area contributed by atoms with Crippen LogP contribution >= 0.6 is 0 Å². The number of rotatable bonds is 4. The minimum absolute atomic E-state index is 0. The van der Waals surface area contributed by atoms with Gasteiger partial charge in [0, 0.05) is 0 Å². The number of halogens is 1. The molecule has 62 valence electrons. The average molecular weight is 168 g/mol. The summed E-state index contributed by atoms with van der Waals surface area (Å²) in [6, 6.07) is 0. The molecule has 0 spiro atoms. The molecule has 0 rings (SSSR count). The van der Waals surface area contributed by atoms with Crippen LogP contribution in [0.4, 0.5) is 0 Å². The van der Waals surface area contributed by atoms with Gasteiger partial charge in [0.05, 0.1) is 21.1 Å². The van der Waals surface area contributed by atoms with Crippen LogP contribution in [0.15, 0.2) is 0 Å². The largest absolute Gasteiger partial charge is 1.00 e. The van der Waals surface area contributed by atoms with Crippen LogP contribution in [-0.4, -0.2) is 45.2 Å². The van der Waals surface area contributed by atoms with Gasteiger partial charge in [-0.15, -0.1) is 0 Å². The molecule has 0 N–H and O–H groups in total. The summed E-state index contributed by atoms with van der Waals surface area (Å²) in [6.45, 7) is 1.85. The van der Waals surface area contributed by atoms with E-state index in [9.17, 15) is 4.79 Å². The van der Waals surface area contributed by atoms with E-state index in [1.807, 2.05) is 21.1 Å². The molecule has 0 heterocycles. The SMILES string of the molecule is C[N+](C)(C)CCOC=O.[Cl-]. The van der Waals surface area contributed by atoms with Crippen LogP contribution in [0.3, 0.4) is 0 Å². The Morgan fingerprint density at radius 3 is 2.20 bits per heavy atom. The highest BCUT2D eigenvalue weighted by Gasteiger charge is 2.04. The monoisotopic (exact) mass is 167 g/mol. The Hall–Kier alpha value is -0.280. The summed E-state index contributed by atoms with van der Waals surface area (Å²) in [4.78, 5) is 9.66. The Bertz CT molecular complexity index is 90.2. The zero-order chi connectivity index (χ0) is 7.33. The van der Waals surface area contributed by atoms with Gasteiger partial charge >= 0.3 is 0 Å². The molecule has 0 radical (unpaired) electrons. The molecule has 0 atom stereocenters. The third-order valence-corrected chi connectivity index (χ3v) is 0.948. The molecule has 4 heteroatoms. The number of carbonyl (C=O) groups excluding carboxylic acids is 1. The average Bonchev–Trinajstić information content (AvgIpc) is 1.63. The number of nitrogens with zero attached hydrogens (tertiary/aromatic N) is 1. The minimum Gasteiger partial charge on any atom is -1.00 e. The highest BCUT2D eigenvalue weighted by atomic mass is 35.5. The molecule has 0 aromatic rings. The lowest BCUT2D eigenvalue weighted by molar-refractivity contribution is -0.870. The topological polar surface area (TPSA) is 26.3 Å². The Morgan fingerprint density at radius 2 is 1.90 bits per heavy atom. The third kappa shape index (κ3) is 10.7. The first kappa shape index (κ1) is 12.4. The van der Waals surface area contributed by atoms with Gasteiger partial charge in [-0.3, -0.25) is 4.79 Å². The number of ether oxygens (including phenoxy) is 1. The van der Waals surface area contributed by atoms with Crippen molar-refractivity contribution in [3.05, 3.63) is 0 Å². The third-order valence-electron chi connectivity index (χ3n) is 0.948. The molecular formula is C6H14ClNO2. The number of likely N-dealkylation sites (N-methyl/N-ethyl adjacent to an activating group) is 1. The van der Waals surface area contributed by atoms with E-state index in [1.54, 1.807) is 0 Å². The maximum Gasteiger partial charge on any atom is 0.293 e. The lowest BCUT2D eigenvalue weighted by Crippen LogP contribution is -3.00. The van der Waals surface area contributed by atoms with E-state index in [0.717, 1.165) is 11.0 Å². The Labute approximate surface area is 68.0 Å². The highest BCUT2D eigenvalue weighted by Crippen LogP contribution is 1.87. The summed E-state index contributed by atoms with van der Waals surface area (Å²) in [7, 11) is 6.15. The smallest absolute Gasteiger partial charge is 0.293 e. The molecule has 0 unspecified atom stereocenters. The van der Waals surface area contributed by atoms with Crippen molar-refractivity contribution in [1.29, 1.82) is 0 Å². The van der Waals surface area contributed by atoms with E-state index in [-0.39, 0.29) is 12.4 Å². The standard InChI is InChI=1S/C6H14NO2.ClH/c1-7(2,3)4-5-9-6-8;/h6H,4-5H2,1-3H3;1H/q+1;/p-1. The van der Waals surface area contributed by atoms with Gasteiger partial charge in [0.2, 0.25) is 0 Å². The van der Waals surface area contributed by atoms with Crippen molar-refractivity contribution in [1.82, 2.24) is 0 Å². The molecule has 0 aliphatic carbocycles. The van der Waals surface area contributed by atoms with Gasteiger partial charge in [-0.05, 0) is 0 Å². The molecule has 0 amide bonds. The molecule has 0 saturated heterocycles. The first-order valence-corrected chi connectivity index (χ1v) is 2.92. The van der Waals surface area contributed by atoms with Crippen molar-refractivity contribution in [2.75, 3.05) is 34.3 Å². The van der Waals surface area contributed by atoms with Crippen LogP contribution in [0.5, 0.6) is 0 Å². The summed E-state index contributed by atoms with van der Waals surface area (Å²) < 4.78 is 5.34. The second kappa shape index (κ2) is 5.50. The second-order valence-corrected chi connectivity index (χ2v) is 2.98. The predicted molar refractivity (Wildman–Crippen MR) is 34.9 cm³/mol. The van der Waals surface area contributed by atoms with Crippen LogP contribution in [-0.2, 0) is 9.53 Å². The van der Waals surface area contributed by atoms with E-state index < -0.39 is 0 Å². The van der Waals surface area contributed by atoms with Crippen LogP contribution in [0.1, 0.15) is 0 Å². The summed E-state index contributed by atoms with van der Waals surface area (Å²) in [5.74, 6) is 0. The van der Waals surface area contributed by atoms with Gasteiger partial charge in [-0.2, -0.15) is 0 Å². The Balaban J connectivity index is 0. The van der Waals surface area contributed by atoms with Gasteiger partial charge < -0.3 is 21.6 Å². The van der Waals surface area contributed by atoms with Crippen LogP contribution in [0, 0.1) is 0 Å². The molecule has 0 bridgehead atoms. The highest BCUT2D eigenvalue weighted by molar-refractivity contribution is 5.36. The van der Waals surface area contributed by atoms with Crippen molar-refractivity contribution in [3.8, 4) is 0 Å². The van der Waals surface area contributed by atoms with Crippen LogP contribution < -0.4 is 12.4 Å². The molecule has 0 fully saturated rings. The van der Waals surface area contributed by atoms with Gasteiger partial charge in [0.25, 0.3) is 6.47 Å². The molecule has 0 saturated carbocycles. The van der Waals surface area contributed by atoms with E-state index in [1.165, 1.54) is 0 Å². The first-order chi connectivity index (χ1) is 4.06. The predicted octanol–water partition coefficient (Wildman–Crippen LogP) is -3.13. The fourth-order valence-electron chi connectivity index (χ4n) is 0.375. The van der Waals surface area contributed by atoms with Crippen molar-refractivity contribution in [3.63, 3.8) is 0 Å². The van der Waals surface area contributed by atoms with Gasteiger partial charge in [-0.1, -0.05) is 0 Å². The van der Waals surface area contributed by atoms with Gasteiger partial charge in [0.1, 0.15) is 13.2 Å². The molecule has 0 aromatic carbocycles. The number of quaternary nitrogens is 1. The second-order valence-electron chi connectivity index (χ2n) is 2.98. The molecular weight excluding hydrogens is 154 g/mol. The van der Waals surface area contributed by atoms with E-state index in [0.29, 0.717) is 13.1 Å². The zero-order valence-corrected chi connectivity index (χ0v) is 7.39. The summed E-state index contributed by atoms with van der Waals surface area (Å²) in [5.41, 5.74) is 0. The first-order valence-electron chi connectivity index (χ1n) is 2.92. The number of hydrogen-bond acceptors (Lipinski definition) is 2. The fourth-order valence-corrected chi connectivity index (χ4v) is 0.375. The molecule has 3 nitrogen and oxygen atoms in total. The molecule has 0 aromatic heterocycles. The lowest BCUT2D eigenvalue weighted by Gasteiger charge is -2.22. The van der Waals surface area contributed by atoms with Crippen LogP contribution in [0.25, 0.3) is 0 Å². The minimum atomic E-state index is 0. The van der Waals surface area contributed by atoms with Crippen molar-refractivity contribution < 1.29 is 26.4 Å². The Kier molecular flexibility index (Phi) is 6.82. The van der Waals surface area contributed by atoms with Crippen molar-refractivity contribution in [2.45, 2.75) is 0 Å². The Morgan fingerprint density at radius 1 is 1.40 bits per heavy atom. The maximum absolute atomic E-state index is 9.66. The fraction of sp³-hybridized carbons (Fsp3) is 0.833. The number of carbonyl (C=O) groups is 1. The quantitative estimate of drug-likeness (QED) is 0.252. The summed E-state index contributed by atoms with van der Waals surface area (Å²) >= 11 is 0. The maximum atomic E-state index is 9.66. The molecule has 0 aliphatic rings. The number of hydrogen-bond donors (Lipinski definition) is 0. The van der Waals surface area contributed by atoms with Gasteiger partial charge in [0.15, 0.2) is 0 Å². The molecule has 0 aliphatic heterocycles. The van der Waals surface area contributed by atoms with Crippen molar-refractivity contribution in [2.24, 2.45) is 0 Å². The lowest BCUT2D eigenvalue weighted by atomic mass is 10.5. The van der Waals surface area contributed by atoms with E-state index >= 15 is 0 Å². The van der Waals surface area contributed by atoms with E-state index in [4.69, 9.17) is 0 Å². The van der Waals surface area contributed by atoms with Crippen molar-refractivity contribution >= 4 is 6.47 Å². The zero-order valence-electron chi connectivity index (χ0n) is 6.63. The van der Waals surface area contributed by atoms with Crippen LogP contribution in [0.2, 0.25) is 0 Å². The molecule has 10 heavy (non-hydrogen) atoms. The normalized spacial score (nSPS) is 9.90. The van der Waals surface area contributed by atoms with Gasteiger partial charge in [-0.25, -0.2) is 0 Å².